The van der Waals surface area contributed by atoms with Crippen LogP contribution in [0, 0.1) is 6.92 Å². The molecule has 3 aromatic carbocycles. The molecule has 0 spiro atoms. The molecular weight excluding hydrogens is 479 g/mol. The summed E-state index contributed by atoms with van der Waals surface area (Å²) in [7, 11) is 1.62. The van der Waals surface area contributed by atoms with E-state index in [-0.39, 0.29) is 11.7 Å². The molecule has 4 aromatic rings. The maximum absolute atomic E-state index is 12.6. The predicted octanol–water partition coefficient (Wildman–Crippen LogP) is 6.29. The average Bonchev–Trinajstić information content (AvgIpc) is 3.24. The van der Waals surface area contributed by atoms with Crippen LogP contribution in [0.15, 0.2) is 71.9 Å². The molecule has 0 bridgehead atoms. The number of rotatable bonds is 7. The van der Waals surface area contributed by atoms with Gasteiger partial charge in [-0.15, -0.1) is 10.2 Å². The number of aryl methyl sites for hydroxylation is 1. The van der Waals surface area contributed by atoms with Crippen molar-refractivity contribution in [2.75, 3.05) is 18.2 Å². The van der Waals surface area contributed by atoms with E-state index in [1.807, 2.05) is 54.0 Å². The summed E-state index contributed by atoms with van der Waals surface area (Å²) in [6.45, 7) is 1.91. The smallest absolute Gasteiger partial charge is 0.234 e. The zero-order valence-electron chi connectivity index (χ0n) is 17.9. The highest BCUT2D eigenvalue weighted by Gasteiger charge is 2.18. The Labute approximate surface area is 205 Å². The van der Waals surface area contributed by atoms with E-state index < -0.39 is 0 Å². The van der Waals surface area contributed by atoms with Gasteiger partial charge in [-0.3, -0.25) is 9.36 Å². The number of anilines is 1. The lowest BCUT2D eigenvalue weighted by Crippen LogP contribution is -2.15. The van der Waals surface area contributed by atoms with Gasteiger partial charge in [0.2, 0.25) is 5.91 Å². The van der Waals surface area contributed by atoms with E-state index in [0.29, 0.717) is 26.7 Å². The Morgan fingerprint density at radius 1 is 1.00 bits per heavy atom. The SMILES string of the molecule is COc1ccc(-c2nnc(SCC(=O)Nc3cc(Cl)ccc3C)n2-c2ccc(Cl)cc2)cc1. The third-order valence-corrected chi connectivity index (χ3v) is 6.29. The van der Waals surface area contributed by atoms with Crippen LogP contribution in [0.2, 0.25) is 10.0 Å². The summed E-state index contributed by atoms with van der Waals surface area (Å²) in [6, 6.07) is 20.3. The summed E-state index contributed by atoms with van der Waals surface area (Å²) in [4.78, 5) is 12.6. The first kappa shape index (κ1) is 23.2. The van der Waals surface area contributed by atoms with E-state index in [1.165, 1.54) is 11.8 Å². The minimum atomic E-state index is -0.165. The zero-order chi connectivity index (χ0) is 23.4. The molecule has 1 N–H and O–H groups in total. The van der Waals surface area contributed by atoms with Gasteiger partial charge < -0.3 is 10.1 Å². The van der Waals surface area contributed by atoms with Gasteiger partial charge in [0.1, 0.15) is 5.75 Å². The van der Waals surface area contributed by atoms with E-state index in [9.17, 15) is 4.79 Å². The van der Waals surface area contributed by atoms with Gasteiger partial charge in [-0.25, -0.2) is 0 Å². The van der Waals surface area contributed by atoms with Crippen LogP contribution in [0.3, 0.4) is 0 Å². The molecule has 168 valence electrons. The fourth-order valence-electron chi connectivity index (χ4n) is 3.16. The van der Waals surface area contributed by atoms with E-state index in [0.717, 1.165) is 22.6 Å². The van der Waals surface area contributed by atoms with E-state index >= 15 is 0 Å². The van der Waals surface area contributed by atoms with E-state index in [2.05, 4.69) is 15.5 Å². The number of nitrogens with one attached hydrogen (secondary N) is 1. The van der Waals surface area contributed by atoms with Gasteiger partial charge in [0.15, 0.2) is 11.0 Å². The largest absolute Gasteiger partial charge is 0.497 e. The second-order valence-electron chi connectivity index (χ2n) is 7.14. The molecule has 0 atom stereocenters. The van der Waals surface area contributed by atoms with Gasteiger partial charge in [0.25, 0.3) is 0 Å². The summed E-state index contributed by atoms with van der Waals surface area (Å²) in [6.07, 6.45) is 0. The van der Waals surface area contributed by atoms with Gasteiger partial charge in [0.05, 0.1) is 12.9 Å². The van der Waals surface area contributed by atoms with Crippen LogP contribution in [0.1, 0.15) is 5.56 Å². The van der Waals surface area contributed by atoms with Gasteiger partial charge in [-0.2, -0.15) is 0 Å². The summed E-state index contributed by atoms with van der Waals surface area (Å²) >= 11 is 13.4. The molecule has 4 rings (SSSR count). The van der Waals surface area contributed by atoms with Crippen molar-refractivity contribution in [2.45, 2.75) is 12.1 Å². The molecule has 0 saturated carbocycles. The summed E-state index contributed by atoms with van der Waals surface area (Å²) in [5, 5.41) is 13.4. The van der Waals surface area contributed by atoms with Crippen LogP contribution in [-0.2, 0) is 4.79 Å². The highest BCUT2D eigenvalue weighted by Crippen LogP contribution is 2.30. The monoisotopic (exact) mass is 498 g/mol. The van der Waals surface area contributed by atoms with Crippen molar-refractivity contribution in [3.63, 3.8) is 0 Å². The number of thioether (sulfide) groups is 1. The van der Waals surface area contributed by atoms with Gasteiger partial charge in [-0.1, -0.05) is 41.0 Å². The van der Waals surface area contributed by atoms with E-state index in [4.69, 9.17) is 27.9 Å². The fourth-order valence-corrected chi connectivity index (χ4v) is 4.21. The molecule has 6 nitrogen and oxygen atoms in total. The summed E-state index contributed by atoms with van der Waals surface area (Å²) < 4.78 is 7.16. The quantitative estimate of drug-likeness (QED) is 0.303. The maximum atomic E-state index is 12.6. The van der Waals surface area contributed by atoms with E-state index in [1.54, 1.807) is 31.4 Å². The maximum Gasteiger partial charge on any atom is 0.234 e. The number of carbonyl (C=O) groups is 1. The number of hydrogen-bond acceptors (Lipinski definition) is 5. The van der Waals surface area contributed by atoms with Crippen molar-refractivity contribution in [1.29, 1.82) is 0 Å². The van der Waals surface area contributed by atoms with Crippen LogP contribution < -0.4 is 10.1 Å². The molecule has 0 saturated heterocycles. The number of ether oxygens (including phenoxy) is 1. The van der Waals surface area contributed by atoms with Gasteiger partial charge >= 0.3 is 0 Å². The third-order valence-electron chi connectivity index (χ3n) is 4.87. The van der Waals surface area contributed by atoms with Crippen molar-refractivity contribution in [1.82, 2.24) is 14.8 Å². The number of carbonyl (C=O) groups excluding carboxylic acids is 1. The number of hydrogen-bond donors (Lipinski definition) is 1. The first-order valence-electron chi connectivity index (χ1n) is 9.99. The van der Waals surface area contributed by atoms with Crippen molar-refractivity contribution >= 4 is 46.6 Å². The first-order chi connectivity index (χ1) is 15.9. The molecule has 0 aliphatic carbocycles. The third kappa shape index (κ3) is 5.50. The van der Waals surface area contributed by atoms with Crippen LogP contribution in [0.4, 0.5) is 5.69 Å². The topological polar surface area (TPSA) is 69.0 Å². The second kappa shape index (κ2) is 10.3. The van der Waals surface area contributed by atoms with Crippen molar-refractivity contribution in [2.24, 2.45) is 0 Å². The Balaban J connectivity index is 1.60. The Morgan fingerprint density at radius 3 is 2.39 bits per heavy atom. The number of amides is 1. The number of aromatic nitrogens is 3. The Kier molecular flexibility index (Phi) is 7.23. The summed E-state index contributed by atoms with van der Waals surface area (Å²) in [5.74, 6) is 1.38. The Hall–Kier alpha value is -3.00. The molecule has 0 aliphatic rings. The molecular formula is C24H20Cl2N4O2S. The normalized spacial score (nSPS) is 10.8. The van der Waals surface area contributed by atoms with Crippen molar-refractivity contribution < 1.29 is 9.53 Å². The number of nitrogens with zero attached hydrogens (tertiary/aromatic N) is 3. The van der Waals surface area contributed by atoms with Crippen molar-refractivity contribution in [3.8, 4) is 22.8 Å². The van der Waals surface area contributed by atoms with Gasteiger partial charge in [0, 0.05) is 27.0 Å². The molecule has 0 unspecified atom stereocenters. The highest BCUT2D eigenvalue weighted by molar-refractivity contribution is 7.99. The second-order valence-corrected chi connectivity index (χ2v) is 8.96. The predicted molar refractivity (Wildman–Crippen MR) is 134 cm³/mol. The fraction of sp³-hybridized carbons (Fsp3) is 0.125. The van der Waals surface area contributed by atoms with Crippen LogP contribution in [-0.4, -0.2) is 33.5 Å². The van der Waals surface area contributed by atoms with Crippen molar-refractivity contribution in [3.05, 3.63) is 82.3 Å². The van der Waals surface area contributed by atoms with Gasteiger partial charge in [-0.05, 0) is 73.2 Å². The van der Waals surface area contributed by atoms with Crippen LogP contribution in [0.5, 0.6) is 5.75 Å². The Morgan fingerprint density at radius 2 is 1.70 bits per heavy atom. The lowest BCUT2D eigenvalue weighted by atomic mass is 10.2. The highest BCUT2D eigenvalue weighted by atomic mass is 35.5. The lowest BCUT2D eigenvalue weighted by Gasteiger charge is -2.12. The molecule has 1 amide bonds. The van der Waals surface area contributed by atoms with Crippen LogP contribution >= 0.6 is 35.0 Å². The number of benzene rings is 3. The first-order valence-corrected chi connectivity index (χ1v) is 11.7. The average molecular weight is 499 g/mol. The number of methoxy groups -OCH3 is 1. The standard InChI is InChI=1S/C24H20Cl2N4O2S/c1-15-3-6-18(26)13-21(15)27-22(31)14-33-24-29-28-23(16-4-11-20(32-2)12-5-16)30(24)19-9-7-17(25)8-10-19/h3-13H,14H2,1-2H3,(H,27,31). The summed E-state index contributed by atoms with van der Waals surface area (Å²) in [5.41, 5.74) is 3.32. The molecule has 0 radical (unpaired) electrons. The molecule has 0 aliphatic heterocycles. The molecule has 0 fully saturated rings. The molecule has 1 aromatic heterocycles. The van der Waals surface area contributed by atoms with Crippen LogP contribution in [0.25, 0.3) is 17.1 Å². The Bertz CT molecular complexity index is 1270. The number of halogens is 2. The molecule has 1 heterocycles. The zero-order valence-corrected chi connectivity index (χ0v) is 20.2. The molecule has 33 heavy (non-hydrogen) atoms. The molecule has 9 heteroatoms. The minimum Gasteiger partial charge on any atom is -0.497 e. The lowest BCUT2D eigenvalue weighted by molar-refractivity contribution is -0.113. The minimum absolute atomic E-state index is 0.153.